The van der Waals surface area contributed by atoms with Crippen molar-refractivity contribution in [3.63, 3.8) is 0 Å². The first-order valence-corrected chi connectivity index (χ1v) is 7.10. The number of hydrogen-bond donors (Lipinski definition) is 1. The van der Waals surface area contributed by atoms with Gasteiger partial charge in [-0.2, -0.15) is 0 Å². The van der Waals surface area contributed by atoms with Crippen LogP contribution in [-0.4, -0.2) is 29.1 Å². The largest absolute Gasteiger partial charge is 0.477 e. The molecule has 1 unspecified atom stereocenters. The van der Waals surface area contributed by atoms with Gasteiger partial charge in [-0.1, -0.05) is 13.3 Å². The van der Waals surface area contributed by atoms with Gasteiger partial charge < -0.3 is 5.11 Å². The summed E-state index contributed by atoms with van der Waals surface area (Å²) in [6.45, 7) is 5.25. The average Bonchev–Trinajstić information content (AvgIpc) is 2.77. The fourth-order valence-corrected chi connectivity index (χ4v) is 3.27. The summed E-state index contributed by atoms with van der Waals surface area (Å²) < 4.78 is 0. The lowest BCUT2D eigenvalue weighted by Crippen LogP contribution is -2.34. The van der Waals surface area contributed by atoms with Crippen LogP contribution in [0.5, 0.6) is 0 Å². The predicted molar refractivity (Wildman–Crippen MR) is 69.6 cm³/mol. The van der Waals surface area contributed by atoms with Crippen LogP contribution in [0.1, 0.15) is 41.4 Å². The third-order valence-electron chi connectivity index (χ3n) is 3.52. The van der Waals surface area contributed by atoms with Crippen LogP contribution in [0.4, 0.5) is 0 Å². The molecule has 1 aromatic rings. The third-order valence-corrected chi connectivity index (χ3v) is 4.46. The van der Waals surface area contributed by atoms with Crippen LogP contribution in [0.15, 0.2) is 11.4 Å². The number of carboxylic acid groups (broad SMARTS) is 1. The lowest BCUT2D eigenvalue weighted by molar-refractivity contribution is 0.0699. The van der Waals surface area contributed by atoms with Crippen molar-refractivity contribution in [1.29, 1.82) is 0 Å². The minimum atomic E-state index is -0.793. The molecule has 94 valence electrons. The first-order chi connectivity index (χ1) is 8.20. The molecule has 17 heavy (non-hydrogen) atoms. The van der Waals surface area contributed by atoms with Gasteiger partial charge in [0.25, 0.3) is 0 Å². The van der Waals surface area contributed by atoms with Crippen molar-refractivity contribution in [2.24, 2.45) is 5.92 Å². The Bertz CT molecular complexity index is 389. The number of carboxylic acids is 1. The maximum Gasteiger partial charge on any atom is 0.346 e. The van der Waals surface area contributed by atoms with E-state index in [-0.39, 0.29) is 0 Å². The third kappa shape index (κ3) is 3.07. The summed E-state index contributed by atoms with van der Waals surface area (Å²) in [4.78, 5) is 13.9. The number of rotatable bonds is 4. The first kappa shape index (κ1) is 12.6. The van der Waals surface area contributed by atoms with E-state index < -0.39 is 5.97 Å². The van der Waals surface area contributed by atoms with E-state index in [2.05, 4.69) is 11.8 Å². The number of hydrogen-bond acceptors (Lipinski definition) is 3. The molecule has 0 aliphatic carbocycles. The molecule has 1 saturated heterocycles. The fourth-order valence-electron chi connectivity index (χ4n) is 2.52. The molecule has 1 fully saturated rings. The van der Waals surface area contributed by atoms with Gasteiger partial charge in [0.15, 0.2) is 0 Å². The van der Waals surface area contributed by atoms with Crippen molar-refractivity contribution < 1.29 is 9.90 Å². The number of thiophene rings is 1. The molecular formula is C13H19NO2S. The van der Waals surface area contributed by atoms with E-state index in [4.69, 9.17) is 5.11 Å². The van der Waals surface area contributed by atoms with Gasteiger partial charge in [0.05, 0.1) is 0 Å². The van der Waals surface area contributed by atoms with Crippen LogP contribution in [0.2, 0.25) is 0 Å². The second-order valence-corrected chi connectivity index (χ2v) is 5.65. The highest BCUT2D eigenvalue weighted by atomic mass is 32.1. The zero-order valence-electron chi connectivity index (χ0n) is 10.2. The maximum absolute atomic E-state index is 11.0. The smallest absolute Gasteiger partial charge is 0.346 e. The van der Waals surface area contributed by atoms with Crippen LogP contribution in [0.25, 0.3) is 0 Å². The molecule has 1 N–H and O–H groups in total. The van der Waals surface area contributed by atoms with Crippen LogP contribution < -0.4 is 0 Å². The molecule has 0 amide bonds. The molecule has 1 aliphatic heterocycles. The van der Waals surface area contributed by atoms with Crippen molar-refractivity contribution in [3.8, 4) is 0 Å². The standard InChI is InChI=1S/C13H19NO2S/c1-2-10-4-3-6-14(8-10)9-11-5-7-17-12(11)13(15)16/h5,7,10H,2-4,6,8-9H2,1H3,(H,15,16). The van der Waals surface area contributed by atoms with Gasteiger partial charge >= 0.3 is 5.97 Å². The monoisotopic (exact) mass is 253 g/mol. The average molecular weight is 253 g/mol. The Kier molecular flexibility index (Phi) is 4.18. The van der Waals surface area contributed by atoms with Crippen LogP contribution >= 0.6 is 11.3 Å². The highest BCUT2D eigenvalue weighted by Crippen LogP contribution is 2.23. The van der Waals surface area contributed by atoms with Gasteiger partial charge in [-0.25, -0.2) is 4.79 Å². The highest BCUT2D eigenvalue weighted by molar-refractivity contribution is 7.12. The summed E-state index contributed by atoms with van der Waals surface area (Å²) in [6.07, 6.45) is 3.79. The molecule has 1 atom stereocenters. The summed E-state index contributed by atoms with van der Waals surface area (Å²) in [5.74, 6) is -0.00489. The molecule has 2 heterocycles. The molecule has 2 rings (SSSR count). The Morgan fingerprint density at radius 2 is 2.47 bits per heavy atom. The zero-order valence-corrected chi connectivity index (χ0v) is 11.0. The van der Waals surface area contributed by atoms with Crippen molar-refractivity contribution in [1.82, 2.24) is 4.90 Å². The van der Waals surface area contributed by atoms with Gasteiger partial charge in [-0.15, -0.1) is 11.3 Å². The predicted octanol–water partition coefficient (Wildman–Crippen LogP) is 3.07. The Morgan fingerprint density at radius 1 is 1.65 bits per heavy atom. The molecule has 1 aliphatic rings. The number of carbonyl (C=O) groups is 1. The van der Waals surface area contributed by atoms with Crippen LogP contribution in [0, 0.1) is 5.92 Å². The molecular weight excluding hydrogens is 234 g/mol. The van der Waals surface area contributed by atoms with Crippen molar-refractivity contribution in [2.75, 3.05) is 13.1 Å². The lowest BCUT2D eigenvalue weighted by atomic mass is 9.95. The summed E-state index contributed by atoms with van der Waals surface area (Å²) in [6, 6.07) is 1.95. The quantitative estimate of drug-likeness (QED) is 0.896. The summed E-state index contributed by atoms with van der Waals surface area (Å²) in [5, 5.41) is 10.9. The van der Waals surface area contributed by atoms with Crippen molar-refractivity contribution in [3.05, 3.63) is 21.9 Å². The van der Waals surface area contributed by atoms with E-state index >= 15 is 0 Å². The van der Waals surface area contributed by atoms with Gasteiger partial charge in [0, 0.05) is 13.1 Å². The van der Waals surface area contributed by atoms with E-state index in [1.165, 1.54) is 30.6 Å². The first-order valence-electron chi connectivity index (χ1n) is 6.22. The van der Waals surface area contributed by atoms with E-state index in [1.807, 2.05) is 11.4 Å². The molecule has 0 aromatic carbocycles. The zero-order chi connectivity index (χ0) is 12.3. The van der Waals surface area contributed by atoms with Gasteiger partial charge in [-0.05, 0) is 42.3 Å². The Labute approximate surface area is 106 Å². The minimum Gasteiger partial charge on any atom is -0.477 e. The molecule has 0 radical (unpaired) electrons. The van der Waals surface area contributed by atoms with Gasteiger partial charge in [0.2, 0.25) is 0 Å². The number of aromatic carboxylic acids is 1. The van der Waals surface area contributed by atoms with E-state index in [0.717, 1.165) is 31.1 Å². The molecule has 4 heteroatoms. The Balaban J connectivity index is 2.00. The summed E-state index contributed by atoms with van der Waals surface area (Å²) in [5.41, 5.74) is 0.972. The topological polar surface area (TPSA) is 40.5 Å². The fraction of sp³-hybridized carbons (Fsp3) is 0.615. The Hall–Kier alpha value is -0.870. The highest BCUT2D eigenvalue weighted by Gasteiger charge is 2.20. The molecule has 0 spiro atoms. The van der Waals surface area contributed by atoms with E-state index in [9.17, 15) is 4.79 Å². The van der Waals surface area contributed by atoms with Gasteiger partial charge in [0.1, 0.15) is 4.88 Å². The Morgan fingerprint density at radius 3 is 3.18 bits per heavy atom. The normalized spacial score (nSPS) is 21.6. The lowest BCUT2D eigenvalue weighted by Gasteiger charge is -2.32. The summed E-state index contributed by atoms with van der Waals surface area (Å²) in [7, 11) is 0. The second kappa shape index (κ2) is 5.65. The van der Waals surface area contributed by atoms with Gasteiger partial charge in [-0.3, -0.25) is 4.90 Å². The number of likely N-dealkylation sites (tertiary alicyclic amines) is 1. The molecule has 0 saturated carbocycles. The SMILES string of the molecule is CCC1CCCN(Cc2ccsc2C(=O)O)C1. The van der Waals surface area contributed by atoms with Crippen LogP contribution in [-0.2, 0) is 6.54 Å². The van der Waals surface area contributed by atoms with E-state index in [0.29, 0.717) is 4.88 Å². The van der Waals surface area contributed by atoms with Crippen molar-refractivity contribution >= 4 is 17.3 Å². The number of nitrogens with zero attached hydrogens (tertiary/aromatic N) is 1. The second-order valence-electron chi connectivity index (χ2n) is 4.73. The number of piperidine rings is 1. The minimum absolute atomic E-state index is 0.503. The molecule has 1 aromatic heterocycles. The maximum atomic E-state index is 11.0. The molecule has 3 nitrogen and oxygen atoms in total. The van der Waals surface area contributed by atoms with Crippen molar-refractivity contribution in [2.45, 2.75) is 32.7 Å². The molecule has 0 bridgehead atoms. The van der Waals surface area contributed by atoms with E-state index in [1.54, 1.807) is 0 Å². The van der Waals surface area contributed by atoms with Crippen LogP contribution in [0.3, 0.4) is 0 Å². The summed E-state index contributed by atoms with van der Waals surface area (Å²) >= 11 is 1.33.